The summed E-state index contributed by atoms with van der Waals surface area (Å²) in [7, 11) is 0. The number of aliphatic hydroxyl groups is 1. The van der Waals surface area contributed by atoms with Crippen LogP contribution in [0.2, 0.25) is 0 Å². The van der Waals surface area contributed by atoms with Crippen LogP contribution >= 0.6 is 0 Å². The van der Waals surface area contributed by atoms with Gasteiger partial charge < -0.3 is 5.11 Å². The van der Waals surface area contributed by atoms with Crippen LogP contribution in [0.25, 0.3) is 0 Å². The molecule has 1 aliphatic rings. The van der Waals surface area contributed by atoms with E-state index in [0.717, 1.165) is 32.7 Å². The van der Waals surface area contributed by atoms with Gasteiger partial charge in [-0.2, -0.15) is 0 Å². The molecule has 1 saturated heterocycles. The minimum absolute atomic E-state index is 0.272. The molecule has 0 amide bonds. The van der Waals surface area contributed by atoms with Crippen LogP contribution in [0.4, 0.5) is 0 Å². The predicted octanol–water partition coefficient (Wildman–Crippen LogP) is 1.75. The van der Waals surface area contributed by atoms with Gasteiger partial charge in [0.1, 0.15) is 0 Å². The summed E-state index contributed by atoms with van der Waals surface area (Å²) in [4.78, 5) is 4.91. The van der Waals surface area contributed by atoms with Gasteiger partial charge in [0.2, 0.25) is 0 Å². The van der Waals surface area contributed by atoms with Crippen molar-refractivity contribution in [3.05, 3.63) is 35.9 Å². The lowest BCUT2D eigenvalue weighted by molar-refractivity contribution is 0.186. The van der Waals surface area contributed by atoms with Crippen molar-refractivity contribution >= 4 is 0 Å². The Hall–Kier alpha value is -0.900. The average molecular weight is 248 g/mol. The van der Waals surface area contributed by atoms with E-state index in [9.17, 15) is 0 Å². The Morgan fingerprint density at radius 1 is 1.11 bits per heavy atom. The van der Waals surface area contributed by atoms with Crippen molar-refractivity contribution in [2.24, 2.45) is 0 Å². The quantitative estimate of drug-likeness (QED) is 0.879. The molecule has 18 heavy (non-hydrogen) atoms. The monoisotopic (exact) mass is 248 g/mol. The second kappa shape index (κ2) is 6.88. The van der Waals surface area contributed by atoms with Crippen LogP contribution in [0, 0.1) is 0 Å². The summed E-state index contributed by atoms with van der Waals surface area (Å²) in [6.07, 6.45) is 1.19. The smallest absolute Gasteiger partial charge is 0.0558 e. The van der Waals surface area contributed by atoms with Crippen molar-refractivity contribution in [3.8, 4) is 0 Å². The molecule has 1 unspecified atom stereocenters. The molecule has 0 aliphatic carbocycles. The first-order valence-corrected chi connectivity index (χ1v) is 6.93. The van der Waals surface area contributed by atoms with Gasteiger partial charge in [0.15, 0.2) is 0 Å². The molecule has 1 aromatic rings. The molecule has 1 aromatic carbocycles. The topological polar surface area (TPSA) is 26.7 Å². The molecular formula is C15H24N2O. The average Bonchev–Trinajstić information content (AvgIpc) is 2.65. The van der Waals surface area contributed by atoms with Gasteiger partial charge in [-0.3, -0.25) is 9.80 Å². The predicted molar refractivity (Wildman–Crippen MR) is 74.6 cm³/mol. The first-order chi connectivity index (χ1) is 8.81. The zero-order valence-corrected chi connectivity index (χ0v) is 11.3. The Bertz CT molecular complexity index is 342. The minimum Gasteiger partial charge on any atom is -0.395 e. The molecule has 0 aromatic heterocycles. The second-order valence-electron chi connectivity index (χ2n) is 5.04. The number of benzene rings is 1. The summed E-state index contributed by atoms with van der Waals surface area (Å²) in [6, 6.07) is 11.2. The van der Waals surface area contributed by atoms with Crippen molar-refractivity contribution in [1.29, 1.82) is 0 Å². The van der Waals surface area contributed by atoms with E-state index in [4.69, 9.17) is 5.11 Å². The van der Waals surface area contributed by atoms with Gasteiger partial charge in [-0.25, -0.2) is 0 Å². The Kier molecular flexibility index (Phi) is 5.17. The van der Waals surface area contributed by atoms with Gasteiger partial charge in [0.25, 0.3) is 0 Å². The number of rotatable bonds is 4. The van der Waals surface area contributed by atoms with Crippen molar-refractivity contribution in [2.75, 3.05) is 39.3 Å². The molecule has 1 aliphatic heterocycles. The van der Waals surface area contributed by atoms with Crippen LogP contribution in [-0.2, 0) is 0 Å². The maximum absolute atomic E-state index is 9.01. The molecule has 100 valence electrons. The number of hydrogen-bond acceptors (Lipinski definition) is 3. The van der Waals surface area contributed by atoms with Gasteiger partial charge in [0.05, 0.1) is 6.61 Å². The maximum atomic E-state index is 9.01. The third-order valence-corrected chi connectivity index (χ3v) is 3.87. The molecule has 3 heteroatoms. The summed E-state index contributed by atoms with van der Waals surface area (Å²) in [5.41, 5.74) is 1.40. The molecule has 0 spiro atoms. The SMILES string of the molecule is CC(c1ccccc1)N1CCCN(CCO)CC1. The van der Waals surface area contributed by atoms with Gasteiger partial charge >= 0.3 is 0 Å². The standard InChI is InChI=1S/C15H24N2O/c1-14(15-6-3-2-4-7-15)17-9-5-8-16(10-11-17)12-13-18/h2-4,6-7,14,18H,5,8-13H2,1H3. The van der Waals surface area contributed by atoms with E-state index in [1.807, 2.05) is 0 Å². The number of aliphatic hydroxyl groups excluding tert-OH is 1. The van der Waals surface area contributed by atoms with Gasteiger partial charge in [0, 0.05) is 32.2 Å². The maximum Gasteiger partial charge on any atom is 0.0558 e. The summed E-state index contributed by atoms with van der Waals surface area (Å²) in [6.45, 7) is 7.79. The van der Waals surface area contributed by atoms with Crippen LogP contribution in [0.1, 0.15) is 24.9 Å². The van der Waals surface area contributed by atoms with Crippen LogP contribution in [-0.4, -0.2) is 54.2 Å². The number of hydrogen-bond donors (Lipinski definition) is 1. The molecule has 0 bridgehead atoms. The normalized spacial score (nSPS) is 20.6. The van der Waals surface area contributed by atoms with Crippen LogP contribution in [0.5, 0.6) is 0 Å². The molecule has 2 rings (SSSR count). The van der Waals surface area contributed by atoms with E-state index in [0.29, 0.717) is 6.04 Å². The molecule has 0 radical (unpaired) electrons. The van der Waals surface area contributed by atoms with Crippen molar-refractivity contribution in [2.45, 2.75) is 19.4 Å². The lowest BCUT2D eigenvalue weighted by atomic mass is 10.1. The van der Waals surface area contributed by atoms with E-state index in [2.05, 4.69) is 47.1 Å². The highest BCUT2D eigenvalue weighted by Gasteiger charge is 2.19. The highest BCUT2D eigenvalue weighted by molar-refractivity contribution is 5.18. The highest BCUT2D eigenvalue weighted by Crippen LogP contribution is 2.21. The first kappa shape index (κ1) is 13.5. The van der Waals surface area contributed by atoms with Crippen LogP contribution in [0.3, 0.4) is 0 Å². The molecule has 1 N–H and O–H groups in total. The van der Waals surface area contributed by atoms with Crippen LogP contribution in [0.15, 0.2) is 30.3 Å². The van der Waals surface area contributed by atoms with E-state index in [1.54, 1.807) is 0 Å². The first-order valence-electron chi connectivity index (χ1n) is 6.93. The summed E-state index contributed by atoms with van der Waals surface area (Å²) >= 11 is 0. The molecule has 1 heterocycles. The fourth-order valence-corrected chi connectivity index (χ4v) is 2.69. The summed E-state index contributed by atoms with van der Waals surface area (Å²) in [5, 5.41) is 9.01. The molecule has 0 saturated carbocycles. The Morgan fingerprint density at radius 2 is 1.89 bits per heavy atom. The third kappa shape index (κ3) is 3.55. The number of nitrogens with zero attached hydrogens (tertiary/aromatic N) is 2. The molecule has 1 fully saturated rings. The minimum atomic E-state index is 0.272. The highest BCUT2D eigenvalue weighted by atomic mass is 16.3. The fourth-order valence-electron chi connectivity index (χ4n) is 2.69. The van der Waals surface area contributed by atoms with Gasteiger partial charge in [-0.05, 0) is 25.5 Å². The van der Waals surface area contributed by atoms with E-state index < -0.39 is 0 Å². The second-order valence-corrected chi connectivity index (χ2v) is 5.04. The van der Waals surface area contributed by atoms with Gasteiger partial charge in [-0.1, -0.05) is 30.3 Å². The van der Waals surface area contributed by atoms with E-state index in [-0.39, 0.29) is 6.61 Å². The van der Waals surface area contributed by atoms with E-state index in [1.165, 1.54) is 12.0 Å². The number of β-amino-alcohol motifs (C(OH)–C–C–N with tert-alkyl or cyclic N) is 1. The Balaban J connectivity index is 1.93. The molecule has 1 atom stereocenters. The zero-order valence-electron chi connectivity index (χ0n) is 11.3. The molecular weight excluding hydrogens is 224 g/mol. The van der Waals surface area contributed by atoms with Crippen molar-refractivity contribution < 1.29 is 5.11 Å². The van der Waals surface area contributed by atoms with Crippen molar-refractivity contribution in [1.82, 2.24) is 9.80 Å². The summed E-state index contributed by atoms with van der Waals surface area (Å²) in [5.74, 6) is 0. The van der Waals surface area contributed by atoms with Crippen molar-refractivity contribution in [3.63, 3.8) is 0 Å². The summed E-state index contributed by atoms with van der Waals surface area (Å²) < 4.78 is 0. The van der Waals surface area contributed by atoms with Gasteiger partial charge in [-0.15, -0.1) is 0 Å². The molecule has 3 nitrogen and oxygen atoms in total. The van der Waals surface area contributed by atoms with Crippen LogP contribution < -0.4 is 0 Å². The lowest BCUT2D eigenvalue weighted by Gasteiger charge is -2.28. The Morgan fingerprint density at radius 3 is 2.61 bits per heavy atom. The zero-order chi connectivity index (χ0) is 12.8. The fraction of sp³-hybridized carbons (Fsp3) is 0.600. The third-order valence-electron chi connectivity index (χ3n) is 3.87. The Labute approximate surface area is 110 Å². The largest absolute Gasteiger partial charge is 0.395 e. The van der Waals surface area contributed by atoms with E-state index >= 15 is 0 Å². The lowest BCUT2D eigenvalue weighted by Crippen LogP contribution is -2.33.